The molecule has 1 aliphatic carbocycles. The summed E-state index contributed by atoms with van der Waals surface area (Å²) in [5.41, 5.74) is 7.03. The summed E-state index contributed by atoms with van der Waals surface area (Å²) in [5.74, 6) is 0.695. The summed E-state index contributed by atoms with van der Waals surface area (Å²) < 4.78 is 7.27. The van der Waals surface area contributed by atoms with Crippen molar-refractivity contribution in [1.82, 2.24) is 24.4 Å². The van der Waals surface area contributed by atoms with E-state index in [1.807, 2.05) is 33.8 Å². The van der Waals surface area contributed by atoms with E-state index in [4.69, 9.17) is 9.72 Å². The molecule has 182 valence electrons. The predicted octanol–water partition coefficient (Wildman–Crippen LogP) is 4.09. The van der Waals surface area contributed by atoms with Gasteiger partial charge in [0.25, 0.3) is 5.91 Å². The number of morpholine rings is 1. The molecule has 0 unspecified atom stereocenters. The van der Waals surface area contributed by atoms with Gasteiger partial charge in [0.1, 0.15) is 0 Å². The molecule has 0 bridgehead atoms. The number of rotatable bonds is 6. The van der Waals surface area contributed by atoms with Crippen LogP contribution >= 0.6 is 0 Å². The molecule has 1 N–H and O–H groups in total. The van der Waals surface area contributed by atoms with Crippen LogP contribution in [0.2, 0.25) is 0 Å². The first kappa shape index (κ1) is 21.5. The van der Waals surface area contributed by atoms with Crippen LogP contribution in [-0.4, -0.2) is 62.7 Å². The average molecular weight is 481 g/mol. The fourth-order valence-corrected chi connectivity index (χ4v) is 5.22. The molecule has 2 aliphatic heterocycles. The number of anilines is 2. The molecule has 2 fully saturated rings. The highest BCUT2D eigenvalue weighted by molar-refractivity contribution is 5.99. The Hall–Kier alpha value is -3.75. The number of amides is 1. The van der Waals surface area contributed by atoms with E-state index >= 15 is 0 Å². The predicted molar refractivity (Wildman–Crippen MR) is 137 cm³/mol. The minimum Gasteiger partial charge on any atom is -0.379 e. The SMILES string of the molecule is O=C1c2ccc(Nc3nc4c(-c5ccc(CN6CCOCC6)cc5)cccn4n3)cc2CN1C1CC1. The number of carbonyl (C=O) groups excluding carboxylic acids is 1. The second-order valence-electron chi connectivity index (χ2n) is 9.87. The van der Waals surface area contributed by atoms with Crippen molar-refractivity contribution in [1.29, 1.82) is 0 Å². The first-order valence-corrected chi connectivity index (χ1v) is 12.7. The third-order valence-corrected chi connectivity index (χ3v) is 7.32. The zero-order valence-corrected chi connectivity index (χ0v) is 20.1. The summed E-state index contributed by atoms with van der Waals surface area (Å²) in [7, 11) is 0. The molecular formula is C28H28N6O2. The second-order valence-corrected chi connectivity index (χ2v) is 9.87. The van der Waals surface area contributed by atoms with Crippen molar-refractivity contribution in [3.63, 3.8) is 0 Å². The van der Waals surface area contributed by atoms with Crippen LogP contribution in [-0.2, 0) is 17.8 Å². The summed E-state index contributed by atoms with van der Waals surface area (Å²) in [5, 5.41) is 7.99. The molecule has 2 aromatic heterocycles. The standard InChI is InChI=1S/C28H28N6O2/c35-27-25-10-7-22(16-21(25)18-33(27)23-8-9-23)29-28-30-26-24(2-1-11-34(26)31-28)20-5-3-19(4-6-20)17-32-12-14-36-15-13-32/h1-7,10-11,16,23H,8-9,12-15,17-18H2,(H,29,31). The number of carbonyl (C=O) groups is 1. The van der Waals surface area contributed by atoms with Crippen LogP contribution < -0.4 is 5.32 Å². The van der Waals surface area contributed by atoms with Gasteiger partial charge in [-0.15, -0.1) is 5.10 Å². The monoisotopic (exact) mass is 480 g/mol. The Morgan fingerprint density at radius 1 is 1.00 bits per heavy atom. The normalized spacial score (nSPS) is 18.1. The van der Waals surface area contributed by atoms with Crippen LogP contribution in [0, 0.1) is 0 Å². The number of pyridine rings is 1. The molecule has 4 aromatic rings. The number of nitrogens with one attached hydrogen (secondary N) is 1. The maximum absolute atomic E-state index is 12.6. The smallest absolute Gasteiger partial charge is 0.254 e. The van der Waals surface area contributed by atoms with Gasteiger partial charge in [0, 0.05) is 55.2 Å². The van der Waals surface area contributed by atoms with E-state index in [0.29, 0.717) is 18.5 Å². The number of nitrogens with zero attached hydrogens (tertiary/aromatic N) is 5. The van der Waals surface area contributed by atoms with Gasteiger partial charge in [-0.25, -0.2) is 4.52 Å². The van der Waals surface area contributed by atoms with Crippen molar-refractivity contribution in [3.05, 3.63) is 77.5 Å². The van der Waals surface area contributed by atoms with Crippen LogP contribution in [0.3, 0.4) is 0 Å². The van der Waals surface area contributed by atoms with Gasteiger partial charge >= 0.3 is 0 Å². The van der Waals surface area contributed by atoms with E-state index in [0.717, 1.165) is 79.3 Å². The summed E-state index contributed by atoms with van der Waals surface area (Å²) in [6, 6.07) is 19.1. The number of ether oxygens (including phenoxy) is 1. The highest BCUT2D eigenvalue weighted by Gasteiger charge is 2.38. The molecule has 7 rings (SSSR count). The van der Waals surface area contributed by atoms with E-state index in [1.165, 1.54) is 5.56 Å². The molecule has 8 nitrogen and oxygen atoms in total. The fraction of sp³-hybridized carbons (Fsp3) is 0.321. The molecule has 36 heavy (non-hydrogen) atoms. The van der Waals surface area contributed by atoms with Crippen molar-refractivity contribution >= 4 is 23.2 Å². The Labute approximate surface area is 209 Å². The molecule has 0 radical (unpaired) electrons. The second kappa shape index (κ2) is 8.72. The lowest BCUT2D eigenvalue weighted by Gasteiger charge is -2.26. The van der Waals surface area contributed by atoms with Gasteiger partial charge in [0.2, 0.25) is 5.95 Å². The van der Waals surface area contributed by atoms with Crippen LogP contribution in [0.15, 0.2) is 60.8 Å². The van der Waals surface area contributed by atoms with Gasteiger partial charge < -0.3 is 15.0 Å². The van der Waals surface area contributed by atoms with Crippen LogP contribution in [0.1, 0.15) is 34.3 Å². The number of benzene rings is 2. The summed E-state index contributed by atoms with van der Waals surface area (Å²) in [4.78, 5) is 21.9. The molecule has 8 heteroatoms. The van der Waals surface area contributed by atoms with Crippen molar-refractivity contribution in [2.75, 3.05) is 31.6 Å². The first-order chi connectivity index (χ1) is 17.7. The Morgan fingerprint density at radius 2 is 1.83 bits per heavy atom. The third kappa shape index (κ3) is 4.02. The molecular weight excluding hydrogens is 452 g/mol. The van der Waals surface area contributed by atoms with Gasteiger partial charge in [-0.2, -0.15) is 4.98 Å². The van der Waals surface area contributed by atoms with Gasteiger partial charge in [0.05, 0.1) is 13.2 Å². The van der Waals surface area contributed by atoms with Crippen LogP contribution in [0.25, 0.3) is 16.8 Å². The van der Waals surface area contributed by atoms with E-state index in [9.17, 15) is 4.79 Å². The van der Waals surface area contributed by atoms with E-state index in [-0.39, 0.29) is 5.91 Å². The molecule has 2 aromatic carbocycles. The number of aromatic nitrogens is 3. The lowest BCUT2D eigenvalue weighted by molar-refractivity contribution is 0.0342. The first-order valence-electron chi connectivity index (χ1n) is 12.7. The molecule has 1 saturated heterocycles. The minimum absolute atomic E-state index is 0.158. The number of hydrogen-bond donors (Lipinski definition) is 1. The maximum Gasteiger partial charge on any atom is 0.254 e. The van der Waals surface area contributed by atoms with Gasteiger partial charge in [0.15, 0.2) is 5.65 Å². The Balaban J connectivity index is 1.11. The molecule has 1 amide bonds. The van der Waals surface area contributed by atoms with E-state index < -0.39 is 0 Å². The Morgan fingerprint density at radius 3 is 2.64 bits per heavy atom. The topological polar surface area (TPSA) is 75.0 Å². The molecule has 0 atom stereocenters. The largest absolute Gasteiger partial charge is 0.379 e. The third-order valence-electron chi connectivity index (χ3n) is 7.32. The van der Waals surface area contributed by atoms with Crippen LogP contribution in [0.4, 0.5) is 11.6 Å². The Bertz CT molecular complexity index is 1440. The summed E-state index contributed by atoms with van der Waals surface area (Å²) >= 11 is 0. The number of fused-ring (bicyclic) bond motifs is 2. The van der Waals surface area contributed by atoms with Crippen molar-refractivity contribution in [3.8, 4) is 11.1 Å². The van der Waals surface area contributed by atoms with E-state index in [1.54, 1.807) is 0 Å². The van der Waals surface area contributed by atoms with Gasteiger partial charge in [-0.3, -0.25) is 9.69 Å². The van der Waals surface area contributed by atoms with Gasteiger partial charge in [-0.05, 0) is 59.9 Å². The zero-order chi connectivity index (χ0) is 24.1. The summed E-state index contributed by atoms with van der Waals surface area (Å²) in [6.45, 7) is 5.22. The van der Waals surface area contributed by atoms with Crippen molar-refractivity contribution < 1.29 is 9.53 Å². The molecule has 3 aliphatic rings. The average Bonchev–Trinajstić information content (AvgIpc) is 3.58. The quantitative estimate of drug-likeness (QED) is 0.448. The van der Waals surface area contributed by atoms with E-state index in [2.05, 4.69) is 51.7 Å². The molecule has 4 heterocycles. The van der Waals surface area contributed by atoms with Gasteiger partial charge in [-0.1, -0.05) is 24.3 Å². The maximum atomic E-state index is 12.6. The number of hydrogen-bond acceptors (Lipinski definition) is 6. The minimum atomic E-state index is 0.158. The molecule has 0 spiro atoms. The van der Waals surface area contributed by atoms with Crippen molar-refractivity contribution in [2.45, 2.75) is 32.0 Å². The highest BCUT2D eigenvalue weighted by atomic mass is 16.5. The van der Waals surface area contributed by atoms with Crippen LogP contribution in [0.5, 0.6) is 0 Å². The Kier molecular flexibility index (Phi) is 5.22. The molecule has 1 saturated carbocycles. The lowest BCUT2D eigenvalue weighted by Crippen LogP contribution is -2.35. The zero-order valence-electron chi connectivity index (χ0n) is 20.1. The van der Waals surface area contributed by atoms with Crippen molar-refractivity contribution in [2.24, 2.45) is 0 Å². The fourth-order valence-electron chi connectivity index (χ4n) is 5.22. The summed E-state index contributed by atoms with van der Waals surface area (Å²) in [6.07, 6.45) is 4.16. The highest BCUT2D eigenvalue weighted by Crippen LogP contribution is 2.36. The lowest BCUT2D eigenvalue weighted by atomic mass is 10.0.